The predicted molar refractivity (Wildman–Crippen MR) is 128 cm³/mol. The quantitative estimate of drug-likeness (QED) is 0.310. The fourth-order valence-electron chi connectivity index (χ4n) is 3.25. The van der Waals surface area contributed by atoms with Gasteiger partial charge in [-0.2, -0.15) is 0 Å². The zero-order valence-corrected chi connectivity index (χ0v) is 18.9. The van der Waals surface area contributed by atoms with E-state index in [1.54, 1.807) is 4.90 Å². The molecule has 0 saturated carbocycles. The van der Waals surface area contributed by atoms with E-state index in [4.69, 9.17) is 17.0 Å². The lowest BCUT2D eigenvalue weighted by molar-refractivity contribution is -0.121. The largest absolute Gasteiger partial charge is 0.488 e. The standard InChI is InChI=1S/C23H18BrNO2S2/c1-2-25-22(26)21(29-23(25)28)13-17-12-18(24)10-11-20(17)27-14-16-8-5-7-15-6-3-4-9-19(15)16/h3-13H,2,14H2,1H3/b21-13+. The van der Waals surface area contributed by atoms with Crippen LogP contribution < -0.4 is 4.74 Å². The Morgan fingerprint density at radius 2 is 1.93 bits per heavy atom. The van der Waals surface area contributed by atoms with E-state index in [-0.39, 0.29) is 5.91 Å². The van der Waals surface area contributed by atoms with Crippen molar-refractivity contribution in [1.82, 2.24) is 4.90 Å². The van der Waals surface area contributed by atoms with Crippen LogP contribution in [0, 0.1) is 0 Å². The summed E-state index contributed by atoms with van der Waals surface area (Å²) in [5.41, 5.74) is 1.96. The number of thiocarbonyl (C=S) groups is 1. The average Bonchev–Trinajstić information content (AvgIpc) is 2.99. The lowest BCUT2D eigenvalue weighted by Crippen LogP contribution is -2.27. The summed E-state index contributed by atoms with van der Waals surface area (Å²) in [5.74, 6) is 0.672. The maximum atomic E-state index is 12.6. The van der Waals surface area contributed by atoms with E-state index in [9.17, 15) is 4.79 Å². The highest BCUT2D eigenvalue weighted by atomic mass is 79.9. The number of halogens is 1. The first kappa shape index (κ1) is 20.1. The summed E-state index contributed by atoms with van der Waals surface area (Å²) >= 11 is 10.2. The smallest absolute Gasteiger partial charge is 0.266 e. The summed E-state index contributed by atoms with van der Waals surface area (Å²) in [6.45, 7) is 2.94. The van der Waals surface area contributed by atoms with E-state index in [0.29, 0.717) is 22.4 Å². The van der Waals surface area contributed by atoms with Crippen LogP contribution in [-0.2, 0) is 11.4 Å². The molecular formula is C23H18BrNO2S2. The van der Waals surface area contributed by atoms with Crippen molar-refractivity contribution in [2.24, 2.45) is 0 Å². The number of ether oxygens (including phenoxy) is 1. The number of likely N-dealkylation sites (N-methyl/N-ethyl adjacent to an activating group) is 1. The van der Waals surface area contributed by atoms with Crippen molar-refractivity contribution >= 4 is 67.0 Å². The summed E-state index contributed by atoms with van der Waals surface area (Å²) < 4.78 is 7.70. The molecule has 3 aromatic carbocycles. The number of hydrogen-bond acceptors (Lipinski definition) is 4. The number of nitrogens with zero attached hydrogens (tertiary/aromatic N) is 1. The summed E-state index contributed by atoms with van der Waals surface area (Å²) in [5, 5.41) is 2.37. The highest BCUT2D eigenvalue weighted by Crippen LogP contribution is 2.35. The molecule has 0 unspecified atom stereocenters. The van der Waals surface area contributed by atoms with Crippen LogP contribution in [0.3, 0.4) is 0 Å². The number of thioether (sulfide) groups is 1. The maximum Gasteiger partial charge on any atom is 0.266 e. The van der Waals surface area contributed by atoms with Gasteiger partial charge < -0.3 is 4.74 Å². The van der Waals surface area contributed by atoms with E-state index < -0.39 is 0 Å². The fraction of sp³-hybridized carbons (Fsp3) is 0.130. The molecule has 0 spiro atoms. The number of hydrogen-bond donors (Lipinski definition) is 0. The monoisotopic (exact) mass is 483 g/mol. The number of rotatable bonds is 5. The first-order valence-corrected chi connectivity index (χ1v) is 11.2. The van der Waals surface area contributed by atoms with Crippen molar-refractivity contribution in [2.75, 3.05) is 6.54 Å². The van der Waals surface area contributed by atoms with Gasteiger partial charge in [0.1, 0.15) is 16.7 Å². The van der Waals surface area contributed by atoms with Gasteiger partial charge >= 0.3 is 0 Å². The second kappa shape index (κ2) is 8.69. The molecular weight excluding hydrogens is 466 g/mol. The molecule has 3 aromatic rings. The van der Waals surface area contributed by atoms with Gasteiger partial charge in [0.15, 0.2) is 0 Å². The minimum Gasteiger partial charge on any atom is -0.488 e. The molecule has 1 amide bonds. The second-order valence-electron chi connectivity index (χ2n) is 6.54. The Bertz CT molecular complexity index is 1140. The Morgan fingerprint density at radius 3 is 2.72 bits per heavy atom. The van der Waals surface area contributed by atoms with Crippen molar-refractivity contribution < 1.29 is 9.53 Å². The Morgan fingerprint density at radius 1 is 1.14 bits per heavy atom. The Balaban J connectivity index is 1.63. The minimum absolute atomic E-state index is 0.0533. The lowest BCUT2D eigenvalue weighted by atomic mass is 10.1. The SMILES string of the molecule is CCN1C(=O)/C(=C\c2cc(Br)ccc2OCc2cccc3ccccc23)SC1=S. The highest BCUT2D eigenvalue weighted by Gasteiger charge is 2.30. The van der Waals surface area contributed by atoms with Gasteiger partial charge in [0.25, 0.3) is 5.91 Å². The van der Waals surface area contributed by atoms with Gasteiger partial charge in [0, 0.05) is 16.6 Å². The molecule has 0 radical (unpaired) electrons. The summed E-state index contributed by atoms with van der Waals surface area (Å²) in [6.07, 6.45) is 1.86. The van der Waals surface area contributed by atoms with Crippen LogP contribution in [0.25, 0.3) is 16.8 Å². The van der Waals surface area contributed by atoms with Crippen LogP contribution in [0.4, 0.5) is 0 Å². The summed E-state index contributed by atoms with van der Waals surface area (Å²) in [6, 6.07) is 20.3. The molecule has 1 heterocycles. The first-order valence-electron chi connectivity index (χ1n) is 9.21. The molecule has 29 heavy (non-hydrogen) atoms. The molecule has 0 aliphatic carbocycles. The number of fused-ring (bicyclic) bond motifs is 1. The van der Waals surface area contributed by atoms with E-state index in [1.165, 1.54) is 22.5 Å². The van der Waals surface area contributed by atoms with Gasteiger partial charge in [-0.3, -0.25) is 9.69 Å². The van der Waals surface area contributed by atoms with Crippen LogP contribution in [0.5, 0.6) is 5.75 Å². The highest BCUT2D eigenvalue weighted by molar-refractivity contribution is 9.10. The topological polar surface area (TPSA) is 29.5 Å². The Hall–Kier alpha value is -2.15. The van der Waals surface area contributed by atoms with Crippen LogP contribution in [0.2, 0.25) is 0 Å². The van der Waals surface area contributed by atoms with Crippen LogP contribution in [0.15, 0.2) is 70.0 Å². The maximum absolute atomic E-state index is 12.6. The van der Waals surface area contributed by atoms with Gasteiger partial charge in [0.2, 0.25) is 0 Å². The van der Waals surface area contributed by atoms with Crippen LogP contribution in [0.1, 0.15) is 18.1 Å². The number of amides is 1. The first-order chi connectivity index (χ1) is 14.1. The molecule has 1 fully saturated rings. The number of benzene rings is 3. The third-order valence-corrected chi connectivity index (χ3v) is 6.58. The van der Waals surface area contributed by atoms with Crippen molar-refractivity contribution in [1.29, 1.82) is 0 Å². The van der Waals surface area contributed by atoms with E-state index in [2.05, 4.69) is 40.2 Å². The summed E-state index contributed by atoms with van der Waals surface area (Å²) in [4.78, 5) is 14.8. The van der Waals surface area contributed by atoms with Crippen LogP contribution >= 0.6 is 39.9 Å². The molecule has 3 nitrogen and oxygen atoms in total. The van der Waals surface area contributed by atoms with Crippen molar-refractivity contribution in [3.05, 3.63) is 81.2 Å². The molecule has 1 aliphatic rings. The Kier molecular flexibility index (Phi) is 6.04. The lowest BCUT2D eigenvalue weighted by Gasteiger charge is -2.12. The molecule has 0 N–H and O–H groups in total. The minimum atomic E-state index is -0.0533. The van der Waals surface area contributed by atoms with Crippen molar-refractivity contribution in [3.8, 4) is 5.75 Å². The Labute approximate surface area is 187 Å². The normalized spacial score (nSPS) is 15.5. The van der Waals surface area contributed by atoms with Crippen molar-refractivity contribution in [2.45, 2.75) is 13.5 Å². The predicted octanol–water partition coefficient (Wildman–Crippen LogP) is 6.40. The van der Waals surface area contributed by atoms with E-state index in [1.807, 2.05) is 49.4 Å². The molecule has 1 saturated heterocycles. The van der Waals surface area contributed by atoms with Gasteiger partial charge in [0.05, 0.1) is 4.91 Å². The molecule has 1 aliphatic heterocycles. The van der Waals surface area contributed by atoms with Crippen LogP contribution in [-0.4, -0.2) is 21.7 Å². The number of carbonyl (C=O) groups excluding carboxylic acids is 1. The van der Waals surface area contributed by atoms with Gasteiger partial charge in [-0.15, -0.1) is 0 Å². The second-order valence-corrected chi connectivity index (χ2v) is 9.13. The zero-order chi connectivity index (χ0) is 20.4. The zero-order valence-electron chi connectivity index (χ0n) is 15.7. The van der Waals surface area contributed by atoms with E-state index >= 15 is 0 Å². The van der Waals surface area contributed by atoms with Gasteiger partial charge in [-0.05, 0) is 47.5 Å². The molecule has 4 rings (SSSR count). The van der Waals surface area contributed by atoms with Gasteiger partial charge in [-0.1, -0.05) is 82.4 Å². The summed E-state index contributed by atoms with van der Waals surface area (Å²) in [7, 11) is 0. The molecule has 0 bridgehead atoms. The average molecular weight is 484 g/mol. The van der Waals surface area contributed by atoms with Gasteiger partial charge in [-0.25, -0.2) is 0 Å². The number of carbonyl (C=O) groups is 1. The van der Waals surface area contributed by atoms with Crippen molar-refractivity contribution in [3.63, 3.8) is 0 Å². The third kappa shape index (κ3) is 4.25. The van der Waals surface area contributed by atoms with E-state index in [0.717, 1.165) is 21.3 Å². The third-order valence-electron chi connectivity index (χ3n) is 4.71. The molecule has 0 aromatic heterocycles. The fourth-order valence-corrected chi connectivity index (χ4v) is 5.01. The molecule has 0 atom stereocenters. The molecule has 6 heteroatoms. The molecule has 146 valence electrons.